The van der Waals surface area contributed by atoms with Crippen LogP contribution >= 0.6 is 0 Å². The summed E-state index contributed by atoms with van der Waals surface area (Å²) in [6, 6.07) is 7.63. The summed E-state index contributed by atoms with van der Waals surface area (Å²) < 4.78 is 0. The molecule has 0 aromatic heterocycles. The number of carbonyl (C=O) groups is 2. The van der Waals surface area contributed by atoms with Gasteiger partial charge in [0.05, 0.1) is 6.54 Å². The van der Waals surface area contributed by atoms with Gasteiger partial charge in [0.1, 0.15) is 0 Å². The third-order valence-electron chi connectivity index (χ3n) is 2.90. The van der Waals surface area contributed by atoms with E-state index in [0.29, 0.717) is 19.0 Å². The van der Waals surface area contributed by atoms with Crippen molar-refractivity contribution < 1.29 is 9.59 Å². The minimum atomic E-state index is -0.0442. The van der Waals surface area contributed by atoms with Crippen LogP contribution in [0.25, 0.3) is 0 Å². The van der Waals surface area contributed by atoms with E-state index in [9.17, 15) is 9.59 Å². The summed E-state index contributed by atoms with van der Waals surface area (Å²) in [4.78, 5) is 22.8. The zero-order valence-corrected chi connectivity index (χ0v) is 11.0. The average Bonchev–Trinajstić information content (AvgIpc) is 3.22. The molecule has 1 saturated carbocycles. The molecule has 0 heterocycles. The number of hydrogen-bond acceptors (Lipinski definition) is 3. The van der Waals surface area contributed by atoms with Crippen molar-refractivity contribution in [2.24, 2.45) is 0 Å². The van der Waals surface area contributed by atoms with E-state index in [-0.39, 0.29) is 11.8 Å². The first-order valence-electron chi connectivity index (χ1n) is 6.60. The summed E-state index contributed by atoms with van der Waals surface area (Å²) in [7, 11) is 0. The lowest BCUT2D eigenvalue weighted by molar-refractivity contribution is -0.116. The topological polar surface area (TPSA) is 70.2 Å². The van der Waals surface area contributed by atoms with Crippen molar-refractivity contribution in [3.05, 3.63) is 24.3 Å². The Hall–Kier alpha value is -1.88. The molecule has 1 aromatic rings. The second-order valence-electron chi connectivity index (χ2n) is 4.68. The molecular weight excluding hydrogens is 242 g/mol. The predicted molar refractivity (Wildman–Crippen MR) is 75.0 cm³/mol. The zero-order valence-electron chi connectivity index (χ0n) is 11.0. The van der Waals surface area contributed by atoms with Crippen LogP contribution in [0.5, 0.6) is 0 Å². The highest BCUT2D eigenvalue weighted by molar-refractivity contribution is 5.93. The van der Waals surface area contributed by atoms with Crippen LogP contribution in [0.15, 0.2) is 24.3 Å². The molecule has 0 aliphatic heterocycles. The van der Waals surface area contributed by atoms with E-state index in [1.807, 2.05) is 0 Å². The molecule has 0 unspecified atom stereocenters. The lowest BCUT2D eigenvalue weighted by atomic mass is 10.2. The van der Waals surface area contributed by atoms with Gasteiger partial charge in [0.25, 0.3) is 0 Å². The van der Waals surface area contributed by atoms with Crippen molar-refractivity contribution in [2.45, 2.75) is 32.2 Å². The van der Waals surface area contributed by atoms with Crippen LogP contribution in [0.1, 0.15) is 26.2 Å². The fourth-order valence-electron chi connectivity index (χ4n) is 1.62. The molecule has 0 atom stereocenters. The third-order valence-corrected chi connectivity index (χ3v) is 2.90. The summed E-state index contributed by atoms with van der Waals surface area (Å²) in [6.07, 6.45) is 2.78. The number of benzene rings is 1. The molecule has 5 heteroatoms. The SMILES string of the molecule is CCC(=O)Nc1ccc(NC(=O)CNC2CC2)cc1. The summed E-state index contributed by atoms with van der Waals surface area (Å²) in [6.45, 7) is 2.15. The second-order valence-corrected chi connectivity index (χ2v) is 4.68. The van der Waals surface area contributed by atoms with Gasteiger partial charge < -0.3 is 16.0 Å². The minimum Gasteiger partial charge on any atom is -0.326 e. The van der Waals surface area contributed by atoms with Crippen LogP contribution in [0.4, 0.5) is 11.4 Å². The van der Waals surface area contributed by atoms with E-state index in [0.717, 1.165) is 11.4 Å². The smallest absolute Gasteiger partial charge is 0.238 e. The summed E-state index contributed by atoms with van der Waals surface area (Å²) in [5.41, 5.74) is 1.47. The number of nitrogens with one attached hydrogen (secondary N) is 3. The Kier molecular flexibility index (Phi) is 4.52. The molecule has 3 N–H and O–H groups in total. The highest BCUT2D eigenvalue weighted by Crippen LogP contribution is 2.18. The first-order valence-corrected chi connectivity index (χ1v) is 6.60. The van der Waals surface area contributed by atoms with Crippen LogP contribution in [-0.4, -0.2) is 24.4 Å². The molecule has 19 heavy (non-hydrogen) atoms. The van der Waals surface area contributed by atoms with Crippen LogP contribution in [0, 0.1) is 0 Å². The highest BCUT2D eigenvalue weighted by atomic mass is 16.2. The van der Waals surface area contributed by atoms with Gasteiger partial charge in [-0.25, -0.2) is 0 Å². The van der Waals surface area contributed by atoms with Crippen LogP contribution < -0.4 is 16.0 Å². The highest BCUT2D eigenvalue weighted by Gasteiger charge is 2.21. The van der Waals surface area contributed by atoms with Crippen molar-refractivity contribution >= 4 is 23.2 Å². The quantitative estimate of drug-likeness (QED) is 0.730. The monoisotopic (exact) mass is 261 g/mol. The fourth-order valence-corrected chi connectivity index (χ4v) is 1.62. The normalized spacial score (nSPS) is 13.9. The van der Waals surface area contributed by atoms with E-state index in [2.05, 4.69) is 16.0 Å². The molecule has 0 spiro atoms. The van der Waals surface area contributed by atoms with E-state index in [4.69, 9.17) is 0 Å². The van der Waals surface area contributed by atoms with Crippen molar-refractivity contribution in [3.8, 4) is 0 Å². The van der Waals surface area contributed by atoms with Gasteiger partial charge in [-0.15, -0.1) is 0 Å². The van der Waals surface area contributed by atoms with E-state index in [1.165, 1.54) is 12.8 Å². The van der Waals surface area contributed by atoms with Gasteiger partial charge in [-0.1, -0.05) is 6.92 Å². The maximum atomic E-state index is 11.6. The van der Waals surface area contributed by atoms with Gasteiger partial charge in [-0.3, -0.25) is 9.59 Å². The molecule has 5 nitrogen and oxygen atoms in total. The zero-order chi connectivity index (χ0) is 13.7. The molecule has 2 rings (SSSR count). The Balaban J connectivity index is 1.80. The molecule has 0 saturated heterocycles. The summed E-state index contributed by atoms with van der Waals surface area (Å²) in [5, 5.41) is 8.71. The van der Waals surface area contributed by atoms with E-state index in [1.54, 1.807) is 31.2 Å². The first kappa shape index (κ1) is 13.5. The van der Waals surface area contributed by atoms with Crippen molar-refractivity contribution in [1.82, 2.24) is 5.32 Å². The standard InChI is InChI=1S/C14H19N3O2/c1-2-13(18)16-11-5-7-12(8-6-11)17-14(19)9-15-10-3-4-10/h5-8,10,15H,2-4,9H2,1H3,(H,16,18)(H,17,19). The van der Waals surface area contributed by atoms with Crippen LogP contribution in [0.3, 0.4) is 0 Å². The molecule has 1 aromatic carbocycles. The molecule has 0 radical (unpaired) electrons. The molecule has 1 aliphatic rings. The maximum absolute atomic E-state index is 11.6. The Morgan fingerprint density at radius 2 is 1.58 bits per heavy atom. The van der Waals surface area contributed by atoms with E-state index < -0.39 is 0 Å². The molecule has 1 aliphatic carbocycles. The van der Waals surface area contributed by atoms with Gasteiger partial charge in [0, 0.05) is 23.8 Å². The Morgan fingerprint density at radius 3 is 2.05 bits per heavy atom. The first-order chi connectivity index (χ1) is 9.17. The molecule has 2 amide bonds. The maximum Gasteiger partial charge on any atom is 0.238 e. The third kappa shape index (κ3) is 4.71. The van der Waals surface area contributed by atoms with Gasteiger partial charge in [-0.05, 0) is 37.1 Å². The second kappa shape index (κ2) is 6.33. The van der Waals surface area contributed by atoms with Crippen molar-refractivity contribution in [2.75, 3.05) is 17.2 Å². The Bertz CT molecular complexity index is 452. The van der Waals surface area contributed by atoms with Crippen molar-refractivity contribution in [1.29, 1.82) is 0 Å². The predicted octanol–water partition coefficient (Wildman–Crippen LogP) is 1.73. The van der Waals surface area contributed by atoms with Gasteiger partial charge >= 0.3 is 0 Å². The number of hydrogen-bond donors (Lipinski definition) is 3. The largest absolute Gasteiger partial charge is 0.326 e. The molecule has 1 fully saturated rings. The molecular formula is C14H19N3O2. The van der Waals surface area contributed by atoms with Gasteiger partial charge in [0.2, 0.25) is 11.8 Å². The molecule has 0 bridgehead atoms. The minimum absolute atomic E-state index is 0.0228. The summed E-state index contributed by atoms with van der Waals surface area (Å²) in [5.74, 6) is -0.0670. The Labute approximate surface area is 112 Å². The average molecular weight is 261 g/mol. The number of amides is 2. The fraction of sp³-hybridized carbons (Fsp3) is 0.429. The number of rotatable bonds is 6. The lowest BCUT2D eigenvalue weighted by Gasteiger charge is -2.07. The number of anilines is 2. The van der Waals surface area contributed by atoms with E-state index >= 15 is 0 Å². The Morgan fingerprint density at radius 1 is 1.05 bits per heavy atom. The van der Waals surface area contributed by atoms with Crippen molar-refractivity contribution in [3.63, 3.8) is 0 Å². The lowest BCUT2D eigenvalue weighted by Crippen LogP contribution is -2.29. The number of carbonyl (C=O) groups excluding carboxylic acids is 2. The summed E-state index contributed by atoms with van der Waals surface area (Å²) >= 11 is 0. The van der Waals surface area contributed by atoms with Crippen LogP contribution in [0.2, 0.25) is 0 Å². The van der Waals surface area contributed by atoms with Crippen LogP contribution in [-0.2, 0) is 9.59 Å². The van der Waals surface area contributed by atoms with Gasteiger partial charge in [0.15, 0.2) is 0 Å². The van der Waals surface area contributed by atoms with Gasteiger partial charge in [-0.2, -0.15) is 0 Å². The molecule has 102 valence electrons.